The van der Waals surface area contributed by atoms with Crippen LogP contribution in [-0.2, 0) is 0 Å². The third-order valence-corrected chi connectivity index (χ3v) is 2.88. The van der Waals surface area contributed by atoms with E-state index in [4.69, 9.17) is 0 Å². The van der Waals surface area contributed by atoms with Gasteiger partial charge in [0.25, 0.3) is 0 Å². The molecular formula is C6H9NOS2. The number of quaternary nitrogens is 1. The standard InChI is InChI=1S/C6H9NOS2/c1-9-10-6-4-2-3-5-7(6)8/h2-4,7H,5H2,1H3. The van der Waals surface area contributed by atoms with E-state index in [1.807, 2.05) is 24.5 Å². The Bertz CT molecular complexity index is 167. The minimum atomic E-state index is 0.238. The highest BCUT2D eigenvalue weighted by atomic mass is 33.1. The SMILES string of the molecule is CSSC1=CC=CC[NH+]1[O-]. The number of rotatable bonds is 2. The number of hydroxylamine groups is 2. The monoisotopic (exact) mass is 175 g/mol. The van der Waals surface area contributed by atoms with Crippen LogP contribution < -0.4 is 5.06 Å². The summed E-state index contributed by atoms with van der Waals surface area (Å²) in [4.78, 5) is 0. The van der Waals surface area contributed by atoms with Gasteiger partial charge in [0.2, 0.25) is 0 Å². The molecule has 1 N–H and O–H groups in total. The van der Waals surface area contributed by atoms with E-state index < -0.39 is 0 Å². The Morgan fingerprint density at radius 3 is 3.10 bits per heavy atom. The van der Waals surface area contributed by atoms with E-state index in [0.717, 1.165) is 5.03 Å². The molecule has 0 radical (unpaired) electrons. The van der Waals surface area contributed by atoms with Crippen molar-refractivity contribution in [3.8, 4) is 0 Å². The van der Waals surface area contributed by atoms with Crippen LogP contribution in [0.5, 0.6) is 0 Å². The van der Waals surface area contributed by atoms with Crippen molar-refractivity contribution in [1.82, 2.24) is 0 Å². The van der Waals surface area contributed by atoms with Gasteiger partial charge in [0.1, 0.15) is 6.54 Å². The van der Waals surface area contributed by atoms with E-state index in [-0.39, 0.29) is 5.06 Å². The molecule has 1 aliphatic heterocycles. The van der Waals surface area contributed by atoms with Gasteiger partial charge in [-0.25, -0.2) is 0 Å². The fraction of sp³-hybridized carbons (Fsp3) is 0.333. The summed E-state index contributed by atoms with van der Waals surface area (Å²) < 4.78 is 0. The molecule has 1 aliphatic rings. The Morgan fingerprint density at radius 2 is 2.50 bits per heavy atom. The zero-order valence-corrected chi connectivity index (χ0v) is 7.30. The molecule has 2 nitrogen and oxygen atoms in total. The van der Waals surface area contributed by atoms with Crippen LogP contribution in [0.1, 0.15) is 0 Å². The first kappa shape index (κ1) is 8.20. The minimum Gasteiger partial charge on any atom is -0.628 e. The van der Waals surface area contributed by atoms with Crippen molar-refractivity contribution < 1.29 is 5.06 Å². The normalized spacial score (nSPS) is 24.6. The first-order valence-corrected chi connectivity index (χ1v) is 5.51. The third-order valence-electron chi connectivity index (χ3n) is 1.13. The molecule has 4 heteroatoms. The van der Waals surface area contributed by atoms with Crippen LogP contribution >= 0.6 is 21.6 Å². The average molecular weight is 175 g/mol. The summed E-state index contributed by atoms with van der Waals surface area (Å²) in [6, 6.07) is 0. The molecule has 0 aliphatic carbocycles. The van der Waals surface area contributed by atoms with Crippen LogP contribution in [-0.4, -0.2) is 12.8 Å². The summed E-state index contributed by atoms with van der Waals surface area (Å²) in [5, 5.41) is 12.1. The first-order valence-electron chi connectivity index (χ1n) is 2.95. The van der Waals surface area contributed by atoms with Gasteiger partial charge >= 0.3 is 0 Å². The Hall–Kier alpha value is 0.1000. The zero-order valence-electron chi connectivity index (χ0n) is 5.66. The van der Waals surface area contributed by atoms with Crippen LogP contribution in [0.3, 0.4) is 0 Å². The first-order chi connectivity index (χ1) is 4.84. The van der Waals surface area contributed by atoms with Gasteiger partial charge in [0, 0.05) is 16.9 Å². The fourth-order valence-electron chi connectivity index (χ4n) is 0.688. The van der Waals surface area contributed by atoms with Crippen LogP contribution in [0.2, 0.25) is 0 Å². The quantitative estimate of drug-likeness (QED) is 0.497. The number of nitrogens with one attached hydrogen (secondary N) is 1. The number of hydrogen-bond acceptors (Lipinski definition) is 3. The molecule has 56 valence electrons. The molecule has 1 unspecified atom stereocenters. The molecule has 10 heavy (non-hydrogen) atoms. The molecule has 0 amide bonds. The molecule has 0 spiro atoms. The minimum absolute atomic E-state index is 0.238. The second kappa shape index (κ2) is 4.08. The lowest BCUT2D eigenvalue weighted by atomic mass is 10.4. The predicted molar refractivity (Wildman–Crippen MR) is 47.5 cm³/mol. The summed E-state index contributed by atoms with van der Waals surface area (Å²) in [7, 11) is 3.14. The summed E-state index contributed by atoms with van der Waals surface area (Å²) in [5.74, 6) is 0. The lowest BCUT2D eigenvalue weighted by Crippen LogP contribution is -3.04. The van der Waals surface area contributed by atoms with Crippen molar-refractivity contribution in [1.29, 1.82) is 0 Å². The van der Waals surface area contributed by atoms with Gasteiger partial charge in [-0.2, -0.15) is 0 Å². The van der Waals surface area contributed by atoms with Gasteiger partial charge in [0.15, 0.2) is 5.03 Å². The highest BCUT2D eigenvalue weighted by Gasteiger charge is 2.06. The van der Waals surface area contributed by atoms with Crippen molar-refractivity contribution in [2.75, 3.05) is 12.8 Å². The zero-order chi connectivity index (χ0) is 7.40. The van der Waals surface area contributed by atoms with Crippen molar-refractivity contribution in [3.63, 3.8) is 0 Å². The molecule has 0 aromatic carbocycles. The van der Waals surface area contributed by atoms with Crippen LogP contribution in [0, 0.1) is 5.21 Å². The van der Waals surface area contributed by atoms with E-state index >= 15 is 0 Å². The Balaban J connectivity index is 2.52. The Labute approximate surface area is 68.3 Å². The topological polar surface area (TPSA) is 27.5 Å². The maximum Gasteiger partial charge on any atom is 0.176 e. The van der Waals surface area contributed by atoms with Crippen LogP contribution in [0.4, 0.5) is 0 Å². The van der Waals surface area contributed by atoms with E-state index in [2.05, 4.69) is 0 Å². The van der Waals surface area contributed by atoms with E-state index in [9.17, 15) is 5.21 Å². The molecule has 0 bridgehead atoms. The summed E-state index contributed by atoms with van der Waals surface area (Å²) in [6.07, 6.45) is 7.65. The summed E-state index contributed by atoms with van der Waals surface area (Å²) in [5.41, 5.74) is 0. The van der Waals surface area contributed by atoms with E-state index in [1.165, 1.54) is 10.8 Å². The highest BCUT2D eigenvalue weighted by molar-refractivity contribution is 8.77. The Kier molecular flexibility index (Phi) is 3.34. The predicted octanol–water partition coefficient (Wildman–Crippen LogP) is 0.792. The molecule has 0 aromatic rings. The van der Waals surface area contributed by atoms with Crippen molar-refractivity contribution in [3.05, 3.63) is 28.5 Å². The van der Waals surface area contributed by atoms with Gasteiger partial charge in [-0.05, 0) is 12.3 Å². The smallest absolute Gasteiger partial charge is 0.176 e. The van der Waals surface area contributed by atoms with Crippen molar-refractivity contribution in [2.45, 2.75) is 0 Å². The molecule has 0 fully saturated rings. The second-order valence-corrected chi connectivity index (χ2v) is 4.28. The maximum atomic E-state index is 11.0. The fourth-order valence-corrected chi connectivity index (χ4v) is 2.16. The lowest BCUT2D eigenvalue weighted by molar-refractivity contribution is -0.790. The molecule has 0 aromatic heterocycles. The second-order valence-electron chi connectivity index (χ2n) is 1.84. The van der Waals surface area contributed by atoms with E-state index in [1.54, 1.807) is 10.8 Å². The lowest BCUT2D eigenvalue weighted by Gasteiger charge is -2.23. The number of allylic oxidation sites excluding steroid dienone is 2. The molecule has 0 saturated heterocycles. The Morgan fingerprint density at radius 1 is 1.70 bits per heavy atom. The molecule has 1 heterocycles. The largest absolute Gasteiger partial charge is 0.628 e. The van der Waals surface area contributed by atoms with Crippen LogP contribution in [0.15, 0.2) is 23.3 Å². The molecule has 1 rings (SSSR count). The molecule has 1 atom stereocenters. The summed E-state index contributed by atoms with van der Waals surface area (Å²) in [6.45, 7) is 0.569. The highest BCUT2D eigenvalue weighted by Crippen LogP contribution is 2.23. The number of hydrogen-bond donors (Lipinski definition) is 1. The average Bonchev–Trinajstić information content (AvgIpc) is 1.94. The van der Waals surface area contributed by atoms with Gasteiger partial charge in [-0.1, -0.05) is 16.9 Å². The third kappa shape index (κ3) is 2.05. The van der Waals surface area contributed by atoms with E-state index in [0.29, 0.717) is 6.54 Å². The molecule has 0 saturated carbocycles. The molecular weight excluding hydrogens is 166 g/mol. The van der Waals surface area contributed by atoms with Crippen molar-refractivity contribution >= 4 is 21.6 Å². The van der Waals surface area contributed by atoms with Gasteiger partial charge in [-0.3, -0.25) is 0 Å². The van der Waals surface area contributed by atoms with Crippen molar-refractivity contribution in [2.24, 2.45) is 0 Å². The van der Waals surface area contributed by atoms with Gasteiger partial charge < -0.3 is 10.3 Å². The summed E-state index contributed by atoms with van der Waals surface area (Å²) >= 11 is 0. The van der Waals surface area contributed by atoms with Gasteiger partial charge in [0.05, 0.1) is 0 Å². The van der Waals surface area contributed by atoms with Gasteiger partial charge in [-0.15, -0.1) is 0 Å². The van der Waals surface area contributed by atoms with Crippen LogP contribution in [0.25, 0.3) is 0 Å². The maximum absolute atomic E-state index is 11.0.